The number of hydrogen-bond acceptors (Lipinski definition) is 2. The van der Waals surface area contributed by atoms with E-state index in [0.29, 0.717) is 18.5 Å². The maximum absolute atomic E-state index is 11.4. The number of nitrogens with zero attached hydrogens (tertiary/aromatic N) is 1. The van der Waals surface area contributed by atoms with Gasteiger partial charge >= 0.3 is 0 Å². The van der Waals surface area contributed by atoms with Crippen molar-refractivity contribution in [1.82, 2.24) is 10.2 Å². The Morgan fingerprint density at radius 2 is 1.89 bits per heavy atom. The van der Waals surface area contributed by atoms with Crippen LogP contribution in [-0.2, 0) is 4.79 Å². The lowest BCUT2D eigenvalue weighted by atomic mass is 9.76. The summed E-state index contributed by atoms with van der Waals surface area (Å²) in [4.78, 5) is 13.1. The van der Waals surface area contributed by atoms with Gasteiger partial charge < -0.3 is 10.2 Å². The van der Waals surface area contributed by atoms with Crippen LogP contribution in [0.3, 0.4) is 0 Å². The highest BCUT2D eigenvalue weighted by molar-refractivity contribution is 5.77. The van der Waals surface area contributed by atoms with Gasteiger partial charge in [-0.3, -0.25) is 4.79 Å². The van der Waals surface area contributed by atoms with Gasteiger partial charge in [0.2, 0.25) is 5.91 Å². The molecule has 0 atom stereocenters. The van der Waals surface area contributed by atoms with Gasteiger partial charge in [-0.05, 0) is 31.2 Å². The highest BCUT2D eigenvalue weighted by Crippen LogP contribution is 2.36. The zero-order valence-electron chi connectivity index (χ0n) is 11.4. The van der Waals surface area contributed by atoms with Crippen LogP contribution in [0.25, 0.3) is 0 Å². The van der Waals surface area contributed by atoms with E-state index in [2.05, 4.69) is 36.5 Å². The minimum atomic E-state index is 0.147. The molecule has 1 aromatic rings. The van der Waals surface area contributed by atoms with E-state index in [-0.39, 0.29) is 5.91 Å². The Labute approximate surface area is 109 Å². The predicted molar refractivity (Wildman–Crippen MR) is 73.6 cm³/mol. The Kier molecular flexibility index (Phi) is 4.02. The van der Waals surface area contributed by atoms with Gasteiger partial charge in [-0.25, -0.2) is 0 Å². The lowest BCUT2D eigenvalue weighted by Gasteiger charge is -2.36. The second-order valence-electron chi connectivity index (χ2n) is 5.45. The molecule has 0 spiro atoms. The molecule has 3 nitrogen and oxygen atoms in total. The second kappa shape index (κ2) is 5.53. The zero-order chi connectivity index (χ0) is 13.1. The summed E-state index contributed by atoms with van der Waals surface area (Å²) < 4.78 is 0. The summed E-state index contributed by atoms with van der Waals surface area (Å²) in [6, 6.07) is 9.29. The smallest absolute Gasteiger partial charge is 0.236 e. The van der Waals surface area contributed by atoms with E-state index in [1.54, 1.807) is 19.0 Å². The van der Waals surface area contributed by atoms with E-state index >= 15 is 0 Å². The summed E-state index contributed by atoms with van der Waals surface area (Å²) in [5.41, 5.74) is 2.74. The minimum absolute atomic E-state index is 0.147. The van der Waals surface area contributed by atoms with E-state index in [9.17, 15) is 4.79 Å². The third-order valence-corrected chi connectivity index (χ3v) is 3.73. The zero-order valence-corrected chi connectivity index (χ0v) is 11.4. The van der Waals surface area contributed by atoms with Gasteiger partial charge in [0.15, 0.2) is 0 Å². The molecule has 1 fully saturated rings. The fourth-order valence-electron chi connectivity index (χ4n) is 2.29. The first kappa shape index (κ1) is 13.1. The maximum Gasteiger partial charge on any atom is 0.236 e. The number of likely N-dealkylation sites (N-methyl/N-ethyl adjacent to an activating group) is 1. The van der Waals surface area contributed by atoms with Crippen LogP contribution in [0.15, 0.2) is 24.3 Å². The number of hydrogen-bond donors (Lipinski definition) is 1. The number of amides is 1. The number of aryl methyl sites for hydroxylation is 1. The molecule has 1 saturated carbocycles. The van der Waals surface area contributed by atoms with E-state index in [0.717, 1.165) is 12.8 Å². The van der Waals surface area contributed by atoms with Crippen LogP contribution in [0.5, 0.6) is 0 Å². The van der Waals surface area contributed by atoms with Crippen LogP contribution in [0.2, 0.25) is 0 Å². The normalized spacial score (nSPS) is 22.4. The average Bonchev–Trinajstić information content (AvgIpc) is 2.28. The van der Waals surface area contributed by atoms with E-state index in [1.807, 2.05) is 0 Å². The molecule has 0 heterocycles. The van der Waals surface area contributed by atoms with Crippen molar-refractivity contribution in [1.29, 1.82) is 0 Å². The summed E-state index contributed by atoms with van der Waals surface area (Å²) in [6.07, 6.45) is 2.29. The van der Waals surface area contributed by atoms with Crippen molar-refractivity contribution in [2.45, 2.75) is 31.7 Å². The maximum atomic E-state index is 11.4. The summed E-state index contributed by atoms with van der Waals surface area (Å²) in [7, 11) is 3.58. The molecule has 0 radical (unpaired) electrons. The molecule has 3 heteroatoms. The monoisotopic (exact) mass is 246 g/mol. The van der Waals surface area contributed by atoms with Crippen molar-refractivity contribution in [2.75, 3.05) is 20.6 Å². The van der Waals surface area contributed by atoms with E-state index in [1.165, 1.54) is 11.1 Å². The van der Waals surface area contributed by atoms with Crippen molar-refractivity contribution < 1.29 is 4.79 Å². The molecule has 0 unspecified atom stereocenters. The summed E-state index contributed by atoms with van der Waals surface area (Å²) in [6.45, 7) is 2.57. The Morgan fingerprint density at radius 1 is 1.28 bits per heavy atom. The average molecular weight is 246 g/mol. The molecule has 1 aliphatic carbocycles. The largest absolute Gasteiger partial charge is 0.348 e. The van der Waals surface area contributed by atoms with Crippen molar-refractivity contribution in [3.8, 4) is 0 Å². The molecule has 1 aromatic carbocycles. The standard InChI is InChI=1S/C15H22N2O/c1-11-4-6-12(7-5-11)13-8-14(9-13)16-10-15(18)17(2)3/h4-7,13-14,16H,8-10H2,1-3H3. The highest BCUT2D eigenvalue weighted by atomic mass is 16.2. The molecule has 98 valence electrons. The first-order chi connectivity index (χ1) is 8.56. The fourth-order valence-corrected chi connectivity index (χ4v) is 2.29. The molecule has 0 saturated heterocycles. The molecule has 0 aliphatic heterocycles. The number of nitrogens with one attached hydrogen (secondary N) is 1. The molecule has 18 heavy (non-hydrogen) atoms. The lowest BCUT2D eigenvalue weighted by molar-refractivity contribution is -0.128. The van der Waals surface area contributed by atoms with Gasteiger partial charge in [-0.2, -0.15) is 0 Å². The van der Waals surface area contributed by atoms with Gasteiger partial charge in [-0.1, -0.05) is 29.8 Å². The summed E-state index contributed by atoms with van der Waals surface area (Å²) >= 11 is 0. The SMILES string of the molecule is Cc1ccc(C2CC(NCC(=O)N(C)C)C2)cc1. The van der Waals surface area contributed by atoms with Gasteiger partial charge in [0.05, 0.1) is 6.54 Å². The van der Waals surface area contributed by atoms with Crippen molar-refractivity contribution in [2.24, 2.45) is 0 Å². The minimum Gasteiger partial charge on any atom is -0.348 e. The lowest BCUT2D eigenvalue weighted by Crippen LogP contribution is -2.44. The number of benzene rings is 1. The Bertz CT molecular complexity index is 405. The highest BCUT2D eigenvalue weighted by Gasteiger charge is 2.30. The Morgan fingerprint density at radius 3 is 2.44 bits per heavy atom. The van der Waals surface area contributed by atoms with Crippen molar-refractivity contribution in [3.05, 3.63) is 35.4 Å². The Hall–Kier alpha value is -1.35. The molecule has 0 bridgehead atoms. The number of carbonyl (C=O) groups is 1. The Balaban J connectivity index is 1.74. The van der Waals surface area contributed by atoms with Crippen LogP contribution in [0, 0.1) is 6.92 Å². The van der Waals surface area contributed by atoms with Gasteiger partial charge in [0.25, 0.3) is 0 Å². The third-order valence-electron chi connectivity index (χ3n) is 3.73. The third kappa shape index (κ3) is 3.10. The molecule has 0 aromatic heterocycles. The molecule has 1 amide bonds. The number of carbonyl (C=O) groups excluding carboxylic acids is 1. The van der Waals surface area contributed by atoms with Crippen LogP contribution in [-0.4, -0.2) is 37.5 Å². The van der Waals surface area contributed by atoms with E-state index < -0.39 is 0 Å². The quantitative estimate of drug-likeness (QED) is 0.880. The molecule has 1 aliphatic rings. The first-order valence-electron chi connectivity index (χ1n) is 6.56. The molecular weight excluding hydrogens is 224 g/mol. The first-order valence-corrected chi connectivity index (χ1v) is 6.56. The van der Waals surface area contributed by atoms with Crippen LogP contribution < -0.4 is 5.32 Å². The topological polar surface area (TPSA) is 32.3 Å². The van der Waals surface area contributed by atoms with Crippen LogP contribution in [0.1, 0.15) is 29.9 Å². The van der Waals surface area contributed by atoms with Crippen LogP contribution in [0.4, 0.5) is 0 Å². The van der Waals surface area contributed by atoms with Crippen molar-refractivity contribution >= 4 is 5.91 Å². The van der Waals surface area contributed by atoms with Gasteiger partial charge in [0, 0.05) is 20.1 Å². The molecule has 2 rings (SSSR count). The molecule has 1 N–H and O–H groups in total. The van der Waals surface area contributed by atoms with Gasteiger partial charge in [0.1, 0.15) is 0 Å². The molecular formula is C15H22N2O. The van der Waals surface area contributed by atoms with Gasteiger partial charge in [-0.15, -0.1) is 0 Å². The van der Waals surface area contributed by atoms with Crippen LogP contribution >= 0.6 is 0 Å². The predicted octanol–water partition coefficient (Wildman–Crippen LogP) is 1.92. The fraction of sp³-hybridized carbons (Fsp3) is 0.533. The summed E-state index contributed by atoms with van der Waals surface area (Å²) in [5.74, 6) is 0.811. The van der Waals surface area contributed by atoms with Crippen molar-refractivity contribution in [3.63, 3.8) is 0 Å². The van der Waals surface area contributed by atoms with E-state index in [4.69, 9.17) is 0 Å². The second-order valence-corrected chi connectivity index (χ2v) is 5.45. The summed E-state index contributed by atoms with van der Waals surface area (Å²) in [5, 5.41) is 3.32. The number of rotatable bonds is 4.